The lowest BCUT2D eigenvalue weighted by atomic mass is 10.1. The lowest BCUT2D eigenvalue weighted by molar-refractivity contribution is -0.385. The zero-order valence-electron chi connectivity index (χ0n) is 17.8. The highest BCUT2D eigenvalue weighted by molar-refractivity contribution is 7.99. The summed E-state index contributed by atoms with van der Waals surface area (Å²) in [6.45, 7) is 5.95. The molecule has 32 heavy (non-hydrogen) atoms. The van der Waals surface area contributed by atoms with Gasteiger partial charge in [0.1, 0.15) is 11.6 Å². The first-order chi connectivity index (χ1) is 15.4. The maximum atomic E-state index is 12.4. The predicted octanol–water partition coefficient (Wildman–Crippen LogP) is 4.01. The number of methoxy groups -OCH3 is 1. The van der Waals surface area contributed by atoms with Crippen molar-refractivity contribution in [3.05, 3.63) is 82.2 Å². The maximum absolute atomic E-state index is 12.4. The van der Waals surface area contributed by atoms with Crippen LogP contribution in [0.25, 0.3) is 0 Å². The predicted molar refractivity (Wildman–Crippen MR) is 123 cm³/mol. The van der Waals surface area contributed by atoms with Crippen molar-refractivity contribution in [3.63, 3.8) is 0 Å². The van der Waals surface area contributed by atoms with Crippen LogP contribution in [0.3, 0.4) is 0 Å². The summed E-state index contributed by atoms with van der Waals surface area (Å²) in [7, 11) is 1.62. The van der Waals surface area contributed by atoms with E-state index in [2.05, 4.69) is 22.1 Å². The third-order valence-corrected chi connectivity index (χ3v) is 5.62. The Balaban J connectivity index is 1.66. The molecule has 1 aromatic heterocycles. The molecule has 0 aliphatic carbocycles. The van der Waals surface area contributed by atoms with Gasteiger partial charge in [-0.05, 0) is 30.7 Å². The zero-order chi connectivity index (χ0) is 23.1. The largest absolute Gasteiger partial charge is 0.497 e. The Bertz CT molecular complexity index is 1130. The monoisotopic (exact) mass is 453 g/mol. The molecular formula is C22H23N5O4S. The van der Waals surface area contributed by atoms with E-state index in [4.69, 9.17) is 4.74 Å². The van der Waals surface area contributed by atoms with Crippen LogP contribution >= 0.6 is 11.8 Å². The number of benzene rings is 2. The van der Waals surface area contributed by atoms with E-state index < -0.39 is 4.92 Å². The number of hydrogen-bond acceptors (Lipinski definition) is 7. The van der Waals surface area contributed by atoms with Crippen LogP contribution < -0.4 is 10.1 Å². The molecule has 0 aliphatic rings. The molecular weight excluding hydrogens is 430 g/mol. The minimum atomic E-state index is -0.470. The number of ether oxygens (including phenoxy) is 1. The van der Waals surface area contributed by atoms with Crippen LogP contribution in [0.15, 0.2) is 60.3 Å². The van der Waals surface area contributed by atoms with Gasteiger partial charge in [0.15, 0.2) is 5.16 Å². The summed E-state index contributed by atoms with van der Waals surface area (Å²) in [4.78, 5) is 23.0. The lowest BCUT2D eigenvalue weighted by Crippen LogP contribution is -2.15. The van der Waals surface area contributed by atoms with Gasteiger partial charge in [-0.15, -0.1) is 16.8 Å². The van der Waals surface area contributed by atoms with Gasteiger partial charge in [0.2, 0.25) is 5.91 Å². The summed E-state index contributed by atoms with van der Waals surface area (Å²) in [5, 5.41) is 22.9. The number of carbonyl (C=O) groups is 1. The molecule has 0 spiro atoms. The van der Waals surface area contributed by atoms with Gasteiger partial charge in [0, 0.05) is 30.3 Å². The fourth-order valence-corrected chi connectivity index (χ4v) is 3.77. The smallest absolute Gasteiger partial charge is 0.274 e. The van der Waals surface area contributed by atoms with Crippen molar-refractivity contribution in [2.24, 2.45) is 0 Å². The van der Waals surface area contributed by atoms with Crippen LogP contribution in [0.4, 0.5) is 11.4 Å². The van der Waals surface area contributed by atoms with Crippen LogP contribution in [-0.2, 0) is 17.8 Å². The van der Waals surface area contributed by atoms with E-state index in [0.29, 0.717) is 29.4 Å². The minimum absolute atomic E-state index is 0.0376. The molecule has 166 valence electrons. The van der Waals surface area contributed by atoms with Gasteiger partial charge in [-0.1, -0.05) is 36.0 Å². The van der Waals surface area contributed by atoms with E-state index in [1.807, 2.05) is 28.8 Å². The molecule has 1 N–H and O–H groups in total. The average molecular weight is 454 g/mol. The van der Waals surface area contributed by atoms with Crippen LogP contribution in [0.2, 0.25) is 0 Å². The molecule has 1 amide bonds. The first kappa shape index (κ1) is 23.0. The zero-order valence-corrected chi connectivity index (χ0v) is 18.6. The summed E-state index contributed by atoms with van der Waals surface area (Å²) in [5.41, 5.74) is 1.92. The Morgan fingerprint density at radius 1 is 1.28 bits per heavy atom. The number of anilines is 1. The van der Waals surface area contributed by atoms with Crippen molar-refractivity contribution in [3.8, 4) is 5.75 Å². The van der Waals surface area contributed by atoms with Crippen molar-refractivity contribution in [2.45, 2.75) is 25.0 Å². The molecule has 0 saturated heterocycles. The van der Waals surface area contributed by atoms with Gasteiger partial charge < -0.3 is 14.6 Å². The van der Waals surface area contributed by atoms with Gasteiger partial charge in [-0.2, -0.15) is 0 Å². The number of allylic oxidation sites excluding steroid dienone is 1. The molecule has 0 aliphatic heterocycles. The van der Waals surface area contributed by atoms with E-state index in [1.165, 1.54) is 17.8 Å². The average Bonchev–Trinajstić information content (AvgIpc) is 3.15. The van der Waals surface area contributed by atoms with Gasteiger partial charge >= 0.3 is 0 Å². The van der Waals surface area contributed by atoms with Gasteiger partial charge in [0.05, 0.1) is 17.8 Å². The Labute approximate surface area is 189 Å². The van der Waals surface area contributed by atoms with Gasteiger partial charge in [-0.25, -0.2) is 0 Å². The standard InChI is InChI=1S/C22H23N5O4S/c1-4-11-26-20(12-16-6-9-18(31-3)10-7-16)24-25-22(26)32-14-21(28)23-17-8-5-15(2)19(13-17)27(29)30/h4-10,13H,1,11-12,14H2,2-3H3,(H,23,28). The third-order valence-electron chi connectivity index (χ3n) is 4.65. The van der Waals surface area contributed by atoms with Crippen LogP contribution in [0.1, 0.15) is 17.0 Å². The van der Waals surface area contributed by atoms with E-state index in [-0.39, 0.29) is 17.3 Å². The second-order valence-electron chi connectivity index (χ2n) is 6.92. The van der Waals surface area contributed by atoms with Crippen LogP contribution in [0, 0.1) is 17.0 Å². The Morgan fingerprint density at radius 3 is 2.69 bits per heavy atom. The van der Waals surface area contributed by atoms with Gasteiger partial charge in [-0.3, -0.25) is 14.9 Å². The first-order valence-electron chi connectivity index (χ1n) is 9.75. The Morgan fingerprint density at radius 2 is 2.03 bits per heavy atom. The number of nitrogens with zero attached hydrogens (tertiary/aromatic N) is 4. The second kappa shape index (κ2) is 10.6. The number of thioether (sulfide) groups is 1. The number of amides is 1. The molecule has 2 aromatic carbocycles. The van der Waals surface area contributed by atoms with E-state index >= 15 is 0 Å². The van der Waals surface area contributed by atoms with Crippen molar-refractivity contribution in [1.29, 1.82) is 0 Å². The number of hydrogen-bond donors (Lipinski definition) is 1. The number of rotatable bonds is 10. The molecule has 0 atom stereocenters. The number of aryl methyl sites for hydroxylation is 1. The summed E-state index contributed by atoms with van der Waals surface area (Å²) >= 11 is 1.24. The Hall–Kier alpha value is -3.66. The quantitative estimate of drug-likeness (QED) is 0.214. The topological polar surface area (TPSA) is 112 Å². The number of nitrogens with one attached hydrogen (secondary N) is 1. The van der Waals surface area contributed by atoms with Crippen LogP contribution in [-0.4, -0.2) is 38.5 Å². The highest BCUT2D eigenvalue weighted by atomic mass is 32.2. The lowest BCUT2D eigenvalue weighted by Gasteiger charge is -2.09. The maximum Gasteiger partial charge on any atom is 0.274 e. The molecule has 3 rings (SSSR count). The molecule has 0 unspecified atom stereocenters. The molecule has 3 aromatic rings. The number of carbonyl (C=O) groups excluding carboxylic acids is 1. The SMILES string of the molecule is C=CCn1c(Cc2ccc(OC)cc2)nnc1SCC(=O)Nc1ccc(C)c([N+](=O)[O-])c1. The van der Waals surface area contributed by atoms with Crippen molar-refractivity contribution >= 4 is 29.0 Å². The third kappa shape index (κ3) is 5.73. The highest BCUT2D eigenvalue weighted by Gasteiger charge is 2.16. The summed E-state index contributed by atoms with van der Waals surface area (Å²) in [6.07, 6.45) is 2.32. The minimum Gasteiger partial charge on any atom is -0.497 e. The summed E-state index contributed by atoms with van der Waals surface area (Å²) in [5.74, 6) is 1.33. The number of nitro groups is 1. The fourth-order valence-electron chi connectivity index (χ4n) is 3.01. The molecule has 1 heterocycles. The van der Waals surface area contributed by atoms with E-state index in [1.54, 1.807) is 32.2 Å². The number of aromatic nitrogens is 3. The molecule has 10 heteroatoms. The van der Waals surface area contributed by atoms with Crippen molar-refractivity contribution in [2.75, 3.05) is 18.2 Å². The summed E-state index contributed by atoms with van der Waals surface area (Å²) < 4.78 is 7.09. The Kier molecular flexibility index (Phi) is 7.61. The fraction of sp³-hybridized carbons (Fsp3) is 0.227. The molecule has 0 saturated carbocycles. The first-order valence-corrected chi connectivity index (χ1v) is 10.7. The molecule has 0 bridgehead atoms. The van der Waals surface area contributed by atoms with Crippen molar-refractivity contribution in [1.82, 2.24) is 14.8 Å². The molecule has 9 nitrogen and oxygen atoms in total. The molecule has 0 fully saturated rings. The number of nitro benzene ring substituents is 1. The summed E-state index contributed by atoms with van der Waals surface area (Å²) in [6, 6.07) is 12.3. The van der Waals surface area contributed by atoms with Gasteiger partial charge in [0.25, 0.3) is 5.69 Å². The normalized spacial score (nSPS) is 10.6. The van der Waals surface area contributed by atoms with E-state index in [9.17, 15) is 14.9 Å². The van der Waals surface area contributed by atoms with Crippen molar-refractivity contribution < 1.29 is 14.5 Å². The molecule has 0 radical (unpaired) electrons. The second-order valence-corrected chi connectivity index (χ2v) is 7.86. The highest BCUT2D eigenvalue weighted by Crippen LogP contribution is 2.24. The van der Waals surface area contributed by atoms with Crippen LogP contribution in [0.5, 0.6) is 5.75 Å². The van der Waals surface area contributed by atoms with E-state index in [0.717, 1.165) is 17.1 Å².